The van der Waals surface area contributed by atoms with Crippen LogP contribution in [0, 0.1) is 0 Å². The molecule has 2 aromatic carbocycles. The summed E-state index contributed by atoms with van der Waals surface area (Å²) in [5.41, 5.74) is 8.39. The maximum absolute atomic E-state index is 12.7. The number of carbonyl (C=O) groups excluding carboxylic acids is 2. The standard InChI is InChI=1S/C22H25N3O4/c1-24-19(26)15-5-7-17-13(11-15)3-4-14-12-16(20(27)25-2)6-8-18(14)22(17,9-10-23)21(28)29/h5-8,11-12H,3-4,9-10,23H2,1-2H3,(H,24,26)(H,25,27)(H,28,29). The number of aryl methyl sites for hydroxylation is 2. The van der Waals surface area contributed by atoms with Gasteiger partial charge in [-0.05, 0) is 72.3 Å². The van der Waals surface area contributed by atoms with Crippen molar-refractivity contribution in [3.05, 3.63) is 69.8 Å². The van der Waals surface area contributed by atoms with E-state index in [1.54, 1.807) is 50.5 Å². The third-order valence-electron chi connectivity index (χ3n) is 5.66. The first-order valence-corrected chi connectivity index (χ1v) is 9.53. The van der Waals surface area contributed by atoms with E-state index in [1.165, 1.54) is 0 Å². The number of aliphatic carboxylic acids is 1. The van der Waals surface area contributed by atoms with E-state index in [1.807, 2.05) is 0 Å². The second-order valence-electron chi connectivity index (χ2n) is 7.15. The van der Waals surface area contributed by atoms with Crippen LogP contribution in [0.3, 0.4) is 0 Å². The maximum atomic E-state index is 12.7. The largest absolute Gasteiger partial charge is 0.480 e. The van der Waals surface area contributed by atoms with Gasteiger partial charge in [-0.2, -0.15) is 0 Å². The highest BCUT2D eigenvalue weighted by Gasteiger charge is 2.45. The number of benzene rings is 2. The van der Waals surface area contributed by atoms with Crippen LogP contribution in [0.1, 0.15) is 49.4 Å². The van der Waals surface area contributed by atoms with Crippen molar-refractivity contribution in [2.24, 2.45) is 5.73 Å². The second kappa shape index (κ2) is 8.05. The smallest absolute Gasteiger partial charge is 0.318 e. The number of carboxylic acids is 1. The molecule has 0 aromatic heterocycles. The lowest BCUT2D eigenvalue weighted by Crippen LogP contribution is -2.40. The highest BCUT2D eigenvalue weighted by Crippen LogP contribution is 2.43. The predicted molar refractivity (Wildman–Crippen MR) is 109 cm³/mol. The molecule has 0 radical (unpaired) electrons. The molecule has 3 rings (SSSR count). The Balaban J connectivity index is 2.27. The second-order valence-corrected chi connectivity index (χ2v) is 7.15. The zero-order valence-electron chi connectivity index (χ0n) is 16.5. The van der Waals surface area contributed by atoms with Crippen molar-refractivity contribution in [3.63, 3.8) is 0 Å². The Morgan fingerprint density at radius 1 is 0.931 bits per heavy atom. The molecule has 0 bridgehead atoms. The molecule has 0 unspecified atom stereocenters. The summed E-state index contributed by atoms with van der Waals surface area (Å²) in [6, 6.07) is 10.3. The van der Waals surface area contributed by atoms with Crippen molar-refractivity contribution in [1.82, 2.24) is 10.6 Å². The van der Waals surface area contributed by atoms with Gasteiger partial charge in [-0.3, -0.25) is 14.4 Å². The Hall–Kier alpha value is -3.19. The molecule has 2 amide bonds. The summed E-state index contributed by atoms with van der Waals surface area (Å²) in [5, 5.41) is 15.6. The highest BCUT2D eigenvalue weighted by atomic mass is 16.4. The van der Waals surface area contributed by atoms with Crippen LogP contribution >= 0.6 is 0 Å². The maximum Gasteiger partial charge on any atom is 0.318 e. The molecule has 0 saturated heterocycles. The van der Waals surface area contributed by atoms with E-state index in [4.69, 9.17) is 5.73 Å². The van der Waals surface area contributed by atoms with Crippen molar-refractivity contribution < 1.29 is 19.5 Å². The van der Waals surface area contributed by atoms with E-state index in [2.05, 4.69) is 10.6 Å². The van der Waals surface area contributed by atoms with Crippen LogP contribution in [-0.4, -0.2) is 43.5 Å². The monoisotopic (exact) mass is 395 g/mol. The topological polar surface area (TPSA) is 122 Å². The Bertz CT molecular complexity index is 917. The van der Waals surface area contributed by atoms with Crippen LogP contribution in [0.15, 0.2) is 36.4 Å². The minimum absolute atomic E-state index is 0.180. The first-order chi connectivity index (χ1) is 13.9. The Labute approximate surface area is 169 Å². The zero-order chi connectivity index (χ0) is 21.2. The fraction of sp³-hybridized carbons (Fsp3) is 0.318. The van der Waals surface area contributed by atoms with E-state index in [9.17, 15) is 19.5 Å². The minimum atomic E-state index is -1.33. The number of carbonyl (C=O) groups is 3. The van der Waals surface area contributed by atoms with E-state index in [0.29, 0.717) is 35.1 Å². The number of hydrogen-bond acceptors (Lipinski definition) is 4. The normalized spacial score (nSPS) is 14.2. The van der Waals surface area contributed by atoms with Crippen LogP contribution in [0.4, 0.5) is 0 Å². The molecule has 1 aliphatic carbocycles. The molecule has 0 fully saturated rings. The Morgan fingerprint density at radius 2 is 1.38 bits per heavy atom. The predicted octanol–water partition coefficient (Wildman–Crippen LogP) is 1.22. The Kier molecular flexibility index (Phi) is 5.70. The van der Waals surface area contributed by atoms with Crippen molar-refractivity contribution >= 4 is 17.8 Å². The van der Waals surface area contributed by atoms with Gasteiger partial charge in [0.1, 0.15) is 5.41 Å². The van der Waals surface area contributed by atoms with Gasteiger partial charge in [0.05, 0.1) is 0 Å². The molecule has 0 atom stereocenters. The average molecular weight is 395 g/mol. The van der Waals surface area contributed by atoms with E-state index >= 15 is 0 Å². The van der Waals surface area contributed by atoms with E-state index in [0.717, 1.165) is 11.1 Å². The molecule has 0 spiro atoms. The number of amides is 2. The van der Waals surface area contributed by atoms with Crippen molar-refractivity contribution in [2.75, 3.05) is 20.6 Å². The molecular weight excluding hydrogens is 370 g/mol. The van der Waals surface area contributed by atoms with Crippen LogP contribution in [0.25, 0.3) is 0 Å². The van der Waals surface area contributed by atoms with Crippen LogP contribution < -0.4 is 16.4 Å². The summed E-state index contributed by atoms with van der Waals surface area (Å²) in [5.74, 6) is -1.44. The molecule has 29 heavy (non-hydrogen) atoms. The van der Waals surface area contributed by atoms with E-state index < -0.39 is 11.4 Å². The summed E-state index contributed by atoms with van der Waals surface area (Å²) in [6.45, 7) is 0.180. The third kappa shape index (κ3) is 3.38. The lowest BCUT2D eigenvalue weighted by atomic mass is 9.70. The first-order valence-electron chi connectivity index (χ1n) is 9.53. The van der Waals surface area contributed by atoms with Gasteiger partial charge in [-0.1, -0.05) is 12.1 Å². The number of carboxylic acid groups (broad SMARTS) is 1. The molecule has 0 aliphatic heterocycles. The lowest BCUT2D eigenvalue weighted by Gasteiger charge is -2.32. The van der Waals surface area contributed by atoms with Gasteiger partial charge in [0.25, 0.3) is 11.8 Å². The van der Waals surface area contributed by atoms with Crippen LogP contribution in [0.2, 0.25) is 0 Å². The number of hydrogen-bond donors (Lipinski definition) is 4. The molecular formula is C22H25N3O4. The van der Waals surface area contributed by atoms with Crippen molar-refractivity contribution in [2.45, 2.75) is 24.7 Å². The third-order valence-corrected chi connectivity index (χ3v) is 5.66. The quantitative estimate of drug-likeness (QED) is 0.607. The Morgan fingerprint density at radius 3 is 1.72 bits per heavy atom. The highest BCUT2D eigenvalue weighted by molar-refractivity contribution is 5.96. The van der Waals surface area contributed by atoms with Gasteiger partial charge in [-0.25, -0.2) is 0 Å². The van der Waals surface area contributed by atoms with Crippen LogP contribution in [0.5, 0.6) is 0 Å². The summed E-state index contributed by atoms with van der Waals surface area (Å²) in [4.78, 5) is 36.9. The van der Waals surface area contributed by atoms with Crippen molar-refractivity contribution in [3.8, 4) is 0 Å². The number of fused-ring (bicyclic) bond motifs is 2. The van der Waals surface area contributed by atoms with Gasteiger partial charge in [-0.15, -0.1) is 0 Å². The molecule has 152 valence electrons. The first kappa shape index (κ1) is 20.5. The SMILES string of the molecule is CNC(=O)c1ccc2c(c1)CCc1cc(C(=O)NC)ccc1C2(CCN)C(=O)O. The summed E-state index contributed by atoms with van der Waals surface area (Å²) < 4.78 is 0. The fourth-order valence-corrected chi connectivity index (χ4v) is 4.24. The molecule has 1 aliphatic rings. The zero-order valence-corrected chi connectivity index (χ0v) is 16.5. The lowest BCUT2D eigenvalue weighted by molar-refractivity contribution is -0.142. The number of nitrogens with two attached hydrogens (primary N) is 1. The van der Waals surface area contributed by atoms with Gasteiger partial charge in [0, 0.05) is 25.2 Å². The molecule has 7 heteroatoms. The van der Waals surface area contributed by atoms with E-state index in [-0.39, 0.29) is 24.8 Å². The fourth-order valence-electron chi connectivity index (χ4n) is 4.24. The summed E-state index contributed by atoms with van der Waals surface area (Å²) in [7, 11) is 3.11. The molecule has 0 heterocycles. The van der Waals surface area contributed by atoms with Crippen LogP contribution in [-0.2, 0) is 23.1 Å². The molecule has 5 N–H and O–H groups in total. The van der Waals surface area contributed by atoms with Gasteiger partial charge in [0.15, 0.2) is 0 Å². The minimum Gasteiger partial charge on any atom is -0.480 e. The van der Waals surface area contributed by atoms with Gasteiger partial charge >= 0.3 is 5.97 Å². The average Bonchev–Trinajstić information content (AvgIpc) is 2.87. The summed E-state index contributed by atoms with van der Waals surface area (Å²) >= 11 is 0. The molecule has 7 nitrogen and oxygen atoms in total. The molecule has 0 saturated carbocycles. The summed E-state index contributed by atoms with van der Waals surface area (Å²) in [6.07, 6.45) is 1.33. The van der Waals surface area contributed by atoms with Gasteiger partial charge in [0.2, 0.25) is 0 Å². The number of nitrogens with one attached hydrogen (secondary N) is 2. The van der Waals surface area contributed by atoms with Gasteiger partial charge < -0.3 is 21.5 Å². The van der Waals surface area contributed by atoms with Crippen molar-refractivity contribution in [1.29, 1.82) is 0 Å². The number of rotatable bonds is 5. The molecule has 2 aromatic rings.